The number of benzene rings is 2. The van der Waals surface area contributed by atoms with Gasteiger partial charge in [-0.15, -0.1) is 12.4 Å². The third kappa shape index (κ3) is 8.02. The lowest BCUT2D eigenvalue weighted by molar-refractivity contribution is -0.137. The molecule has 0 aliphatic carbocycles. The van der Waals surface area contributed by atoms with Gasteiger partial charge in [-0.05, 0) is 68.5 Å². The summed E-state index contributed by atoms with van der Waals surface area (Å²) in [5.41, 5.74) is 0.879. The summed E-state index contributed by atoms with van der Waals surface area (Å²) in [7, 11) is 3.49. The Bertz CT molecular complexity index is 1330. The molecule has 202 valence electrons. The van der Waals surface area contributed by atoms with Crippen LogP contribution >= 0.6 is 12.4 Å². The van der Waals surface area contributed by atoms with E-state index in [9.17, 15) is 27.6 Å². The van der Waals surface area contributed by atoms with Gasteiger partial charge in [0.15, 0.2) is 0 Å². The summed E-state index contributed by atoms with van der Waals surface area (Å²) in [5.74, 6) is -1.15. The molecular formula is C26H27ClF3N5O3. The minimum absolute atomic E-state index is 0. The Morgan fingerprint density at radius 3 is 2.08 bits per heavy atom. The van der Waals surface area contributed by atoms with Gasteiger partial charge in [0.1, 0.15) is 5.82 Å². The molecule has 0 aliphatic heterocycles. The average Bonchev–Trinajstić information content (AvgIpc) is 2.80. The Morgan fingerprint density at radius 1 is 0.868 bits per heavy atom. The lowest BCUT2D eigenvalue weighted by Gasteiger charge is -2.17. The summed E-state index contributed by atoms with van der Waals surface area (Å²) in [6, 6.07) is 10.8. The lowest BCUT2D eigenvalue weighted by Crippen LogP contribution is -2.20. The van der Waals surface area contributed by atoms with Gasteiger partial charge in [0.2, 0.25) is 5.91 Å². The smallest absolute Gasteiger partial charge is 0.322 e. The van der Waals surface area contributed by atoms with Gasteiger partial charge in [0, 0.05) is 30.3 Å². The molecule has 1 aromatic heterocycles. The number of alkyl halides is 3. The molecule has 0 bridgehead atoms. The standard InChI is InChI=1S/C26H26F3N5O3.ClH/c1-15-5-8-19(12-21(15)24(36)33-20-9-10-23(30-13-20)31-16(2)35)32-25(37)22-11-18(26(27,28)29)7-6-17(22)14-34(3)4;/h5-13H,14H2,1-4H3,(H,32,37)(H,33,36)(H,30,31,35);1H. The number of pyridine rings is 1. The van der Waals surface area contributed by atoms with E-state index in [1.54, 1.807) is 44.1 Å². The number of nitrogens with zero attached hydrogens (tertiary/aromatic N) is 2. The Morgan fingerprint density at radius 2 is 1.50 bits per heavy atom. The predicted molar refractivity (Wildman–Crippen MR) is 142 cm³/mol. The third-order valence-corrected chi connectivity index (χ3v) is 5.23. The first-order chi connectivity index (χ1) is 17.3. The number of rotatable bonds is 7. The first-order valence-corrected chi connectivity index (χ1v) is 11.2. The van der Waals surface area contributed by atoms with Crippen molar-refractivity contribution < 1.29 is 27.6 Å². The number of aryl methyl sites for hydroxylation is 1. The van der Waals surface area contributed by atoms with Crippen LogP contribution in [-0.4, -0.2) is 41.7 Å². The van der Waals surface area contributed by atoms with Gasteiger partial charge < -0.3 is 20.9 Å². The van der Waals surface area contributed by atoms with Crippen LogP contribution in [0.25, 0.3) is 0 Å². The molecule has 0 saturated heterocycles. The van der Waals surface area contributed by atoms with Crippen molar-refractivity contribution in [3.8, 4) is 0 Å². The van der Waals surface area contributed by atoms with Crippen molar-refractivity contribution in [3.63, 3.8) is 0 Å². The monoisotopic (exact) mass is 549 g/mol. The molecule has 0 atom stereocenters. The maximum Gasteiger partial charge on any atom is 0.416 e. The van der Waals surface area contributed by atoms with E-state index in [1.807, 2.05) is 0 Å². The summed E-state index contributed by atoms with van der Waals surface area (Å²) in [4.78, 5) is 42.8. The van der Waals surface area contributed by atoms with Crippen molar-refractivity contribution in [1.82, 2.24) is 9.88 Å². The van der Waals surface area contributed by atoms with E-state index < -0.39 is 23.6 Å². The van der Waals surface area contributed by atoms with Crippen LogP contribution < -0.4 is 16.0 Å². The zero-order valence-corrected chi connectivity index (χ0v) is 21.9. The zero-order chi connectivity index (χ0) is 27.3. The fraction of sp³-hybridized carbons (Fsp3) is 0.231. The van der Waals surface area contributed by atoms with Crippen LogP contribution in [-0.2, 0) is 17.5 Å². The van der Waals surface area contributed by atoms with E-state index in [2.05, 4.69) is 20.9 Å². The van der Waals surface area contributed by atoms with Crippen molar-refractivity contribution in [2.45, 2.75) is 26.6 Å². The van der Waals surface area contributed by atoms with E-state index in [-0.39, 0.29) is 41.7 Å². The molecule has 0 unspecified atom stereocenters. The Hall–Kier alpha value is -3.96. The second kappa shape index (κ2) is 12.5. The topological polar surface area (TPSA) is 103 Å². The van der Waals surface area contributed by atoms with Gasteiger partial charge in [-0.25, -0.2) is 4.98 Å². The largest absolute Gasteiger partial charge is 0.416 e. The minimum Gasteiger partial charge on any atom is -0.322 e. The number of anilines is 3. The molecule has 8 nitrogen and oxygen atoms in total. The van der Waals surface area contributed by atoms with E-state index in [0.29, 0.717) is 22.6 Å². The molecule has 3 N–H and O–H groups in total. The van der Waals surface area contributed by atoms with Gasteiger partial charge in [-0.2, -0.15) is 13.2 Å². The average molecular weight is 550 g/mol. The highest BCUT2D eigenvalue weighted by atomic mass is 35.5. The number of nitrogens with one attached hydrogen (secondary N) is 3. The second-order valence-corrected chi connectivity index (χ2v) is 8.66. The quantitative estimate of drug-likeness (QED) is 0.368. The van der Waals surface area contributed by atoms with Crippen LogP contribution in [0.2, 0.25) is 0 Å². The molecule has 3 amide bonds. The fourth-order valence-corrected chi connectivity index (χ4v) is 3.51. The van der Waals surface area contributed by atoms with Crippen LogP contribution in [0.4, 0.5) is 30.4 Å². The van der Waals surface area contributed by atoms with E-state index in [4.69, 9.17) is 0 Å². The molecule has 38 heavy (non-hydrogen) atoms. The molecule has 0 saturated carbocycles. The number of carbonyl (C=O) groups is 3. The molecule has 0 aliphatic rings. The van der Waals surface area contributed by atoms with E-state index in [1.165, 1.54) is 31.3 Å². The molecule has 0 radical (unpaired) electrons. The molecule has 2 aromatic carbocycles. The van der Waals surface area contributed by atoms with Gasteiger partial charge in [-0.1, -0.05) is 12.1 Å². The zero-order valence-electron chi connectivity index (χ0n) is 21.1. The number of hydrogen-bond acceptors (Lipinski definition) is 5. The summed E-state index contributed by atoms with van der Waals surface area (Å²) < 4.78 is 39.9. The van der Waals surface area contributed by atoms with Crippen LogP contribution in [0.3, 0.4) is 0 Å². The van der Waals surface area contributed by atoms with Gasteiger partial charge >= 0.3 is 6.18 Å². The maximum absolute atomic E-state index is 13.3. The van der Waals surface area contributed by atoms with Crippen molar-refractivity contribution >= 4 is 47.3 Å². The molecule has 0 fully saturated rings. The third-order valence-electron chi connectivity index (χ3n) is 5.23. The molecule has 12 heteroatoms. The van der Waals surface area contributed by atoms with Crippen LogP contribution in [0.15, 0.2) is 54.7 Å². The number of carbonyl (C=O) groups excluding carboxylic acids is 3. The second-order valence-electron chi connectivity index (χ2n) is 8.66. The molecule has 0 spiro atoms. The summed E-state index contributed by atoms with van der Waals surface area (Å²) >= 11 is 0. The molecule has 1 heterocycles. The molecule has 3 aromatic rings. The Balaban J connectivity index is 0.00000507. The minimum atomic E-state index is -4.60. The maximum atomic E-state index is 13.3. The van der Waals surface area contributed by atoms with Crippen molar-refractivity contribution in [2.75, 3.05) is 30.0 Å². The van der Waals surface area contributed by atoms with Gasteiger partial charge in [-0.3, -0.25) is 14.4 Å². The highest BCUT2D eigenvalue weighted by molar-refractivity contribution is 6.08. The highest BCUT2D eigenvalue weighted by Gasteiger charge is 2.32. The summed E-state index contributed by atoms with van der Waals surface area (Å²) in [5, 5.41) is 7.82. The number of hydrogen-bond donors (Lipinski definition) is 3. The Labute approximate surface area is 224 Å². The number of halogens is 4. The first-order valence-electron chi connectivity index (χ1n) is 11.2. The fourth-order valence-electron chi connectivity index (χ4n) is 3.51. The number of aromatic nitrogens is 1. The Kier molecular flexibility index (Phi) is 9.97. The number of amides is 3. The first kappa shape index (κ1) is 30.3. The lowest BCUT2D eigenvalue weighted by atomic mass is 10.0. The van der Waals surface area contributed by atoms with Crippen LogP contribution in [0.5, 0.6) is 0 Å². The van der Waals surface area contributed by atoms with Gasteiger partial charge in [0.05, 0.1) is 17.4 Å². The molecule has 3 rings (SSSR count). The molecular weight excluding hydrogens is 523 g/mol. The van der Waals surface area contributed by atoms with Crippen molar-refractivity contribution in [2.24, 2.45) is 0 Å². The van der Waals surface area contributed by atoms with Crippen molar-refractivity contribution in [3.05, 3.63) is 82.5 Å². The summed E-state index contributed by atoms with van der Waals surface area (Å²) in [6.07, 6.45) is -3.22. The van der Waals surface area contributed by atoms with E-state index in [0.717, 1.165) is 12.1 Å². The SMILES string of the molecule is CC(=O)Nc1ccc(NC(=O)c2cc(NC(=O)c3cc(C(F)(F)F)ccc3CN(C)C)ccc2C)cn1.Cl. The van der Waals surface area contributed by atoms with Crippen LogP contribution in [0, 0.1) is 6.92 Å². The van der Waals surface area contributed by atoms with E-state index >= 15 is 0 Å². The predicted octanol–water partition coefficient (Wildman–Crippen LogP) is 5.36. The highest BCUT2D eigenvalue weighted by Crippen LogP contribution is 2.31. The summed E-state index contributed by atoms with van der Waals surface area (Å²) in [6.45, 7) is 3.32. The van der Waals surface area contributed by atoms with Crippen LogP contribution in [0.1, 0.15) is 44.3 Å². The normalized spacial score (nSPS) is 10.9. The van der Waals surface area contributed by atoms with Gasteiger partial charge in [0.25, 0.3) is 11.8 Å². The van der Waals surface area contributed by atoms with Crippen molar-refractivity contribution in [1.29, 1.82) is 0 Å².